The topological polar surface area (TPSA) is 74.0 Å². The van der Waals surface area contributed by atoms with Gasteiger partial charge in [-0.1, -0.05) is 17.3 Å². The quantitative estimate of drug-likeness (QED) is 0.653. The first kappa shape index (κ1) is 15.0. The minimum absolute atomic E-state index is 0.113. The van der Waals surface area contributed by atoms with Crippen LogP contribution in [0.3, 0.4) is 0 Å². The summed E-state index contributed by atoms with van der Waals surface area (Å²) in [7, 11) is -4.99. The van der Waals surface area contributed by atoms with E-state index in [9.17, 15) is 21.6 Å². The number of H-pyrrole nitrogens is 1. The van der Waals surface area contributed by atoms with Crippen molar-refractivity contribution in [3.05, 3.63) is 17.2 Å². The Balaban J connectivity index is 3.43. The summed E-state index contributed by atoms with van der Waals surface area (Å²) in [5, 5.41) is 0. The average molecular weight is 287 g/mol. The van der Waals surface area contributed by atoms with Gasteiger partial charge in [0.25, 0.3) is 0 Å². The molecule has 0 amide bonds. The molecule has 1 heterocycles. The van der Waals surface area contributed by atoms with Crippen LogP contribution in [0.2, 0.25) is 0 Å². The van der Waals surface area contributed by atoms with Gasteiger partial charge in [-0.3, -0.25) is 4.55 Å². The molecule has 1 aromatic heterocycles. The van der Waals surface area contributed by atoms with Crippen LogP contribution in [0.15, 0.2) is 0 Å². The minimum Gasteiger partial charge on any atom is -0.251 e. The second-order valence-corrected chi connectivity index (χ2v) is 5.14. The van der Waals surface area contributed by atoms with Gasteiger partial charge in [0.1, 0.15) is 5.69 Å². The third-order valence-electron chi connectivity index (χ3n) is 2.49. The lowest BCUT2D eigenvalue weighted by Crippen LogP contribution is -2.49. The Labute approximate surface area is 103 Å². The highest BCUT2D eigenvalue weighted by Gasteiger charge is 2.48. The summed E-state index contributed by atoms with van der Waals surface area (Å²) in [6.45, 7) is 3.07. The highest BCUT2D eigenvalue weighted by Crippen LogP contribution is 2.27. The van der Waals surface area contributed by atoms with Crippen molar-refractivity contribution in [2.75, 3.05) is 0 Å². The molecule has 0 bridgehead atoms. The number of rotatable bonds is 4. The minimum atomic E-state index is -4.99. The molecule has 0 radical (unpaired) electrons. The Hall–Kier alpha value is -1.09. The van der Waals surface area contributed by atoms with Crippen molar-refractivity contribution in [1.29, 1.82) is 0 Å². The zero-order valence-corrected chi connectivity index (χ0v) is 10.7. The maximum Gasteiger partial charge on any atom is 0.496 e. The second-order valence-electron chi connectivity index (χ2n) is 3.88. The lowest BCUT2D eigenvalue weighted by atomic mass is 10.2. The van der Waals surface area contributed by atoms with Crippen molar-refractivity contribution in [1.82, 2.24) is 4.98 Å². The summed E-state index contributed by atoms with van der Waals surface area (Å²) in [5.74, 6) is -1.49. The molecule has 1 rings (SSSR count). The van der Waals surface area contributed by atoms with Crippen LogP contribution < -0.4 is 3.97 Å². The molecule has 0 saturated carbocycles. The fourth-order valence-corrected chi connectivity index (χ4v) is 2.48. The third kappa shape index (κ3) is 3.02. The van der Waals surface area contributed by atoms with Gasteiger partial charge in [-0.2, -0.15) is 21.6 Å². The number of halogens is 3. The molecule has 0 saturated heterocycles. The van der Waals surface area contributed by atoms with Crippen molar-refractivity contribution in [2.24, 2.45) is 0 Å². The van der Waals surface area contributed by atoms with E-state index in [-0.39, 0.29) is 21.8 Å². The molecule has 0 aliphatic rings. The Morgan fingerprint density at radius 1 is 1.39 bits per heavy atom. The van der Waals surface area contributed by atoms with E-state index in [0.29, 0.717) is 6.42 Å². The smallest absolute Gasteiger partial charge is 0.251 e. The molecule has 5 nitrogen and oxygen atoms in total. The first-order chi connectivity index (χ1) is 8.09. The van der Waals surface area contributed by atoms with Crippen molar-refractivity contribution in [3.63, 3.8) is 0 Å². The molecule has 2 N–H and O–H groups in total. The second kappa shape index (κ2) is 4.88. The van der Waals surface area contributed by atoms with Crippen molar-refractivity contribution < 1.29 is 30.1 Å². The van der Waals surface area contributed by atoms with Gasteiger partial charge in [0.15, 0.2) is 5.69 Å². The Bertz CT molecular complexity index is 534. The number of nitrogens with one attached hydrogen (secondary N) is 1. The van der Waals surface area contributed by atoms with E-state index >= 15 is 0 Å². The van der Waals surface area contributed by atoms with E-state index in [1.54, 1.807) is 0 Å². The largest absolute Gasteiger partial charge is 0.496 e. The Kier molecular flexibility index (Phi) is 4.06. The van der Waals surface area contributed by atoms with Crippen LogP contribution in [0.5, 0.6) is 0 Å². The van der Waals surface area contributed by atoms with E-state index in [2.05, 4.69) is 0 Å². The highest BCUT2D eigenvalue weighted by atomic mass is 32.2. The first-order valence-electron chi connectivity index (χ1n) is 5.27. The summed E-state index contributed by atoms with van der Waals surface area (Å²) in [5.41, 5.74) is 0.0000694. The molecule has 0 atom stereocenters. The summed E-state index contributed by atoms with van der Waals surface area (Å²) >= 11 is 0. The summed E-state index contributed by atoms with van der Waals surface area (Å²) in [4.78, 5) is 2.03. The molecular weight excluding hydrogens is 273 g/mol. The summed E-state index contributed by atoms with van der Waals surface area (Å²) in [6, 6.07) is 0. The zero-order chi connectivity index (χ0) is 14.1. The zero-order valence-electron chi connectivity index (χ0n) is 9.87. The van der Waals surface area contributed by atoms with E-state index in [1.807, 2.05) is 11.9 Å². The molecule has 0 aliphatic carbocycles. The molecule has 0 fully saturated rings. The predicted molar refractivity (Wildman–Crippen MR) is 56.3 cm³/mol. The molecule has 9 heteroatoms. The number of nitrogens with zero attached hydrogens (tertiary/aromatic N) is 1. The van der Waals surface area contributed by atoms with Crippen molar-refractivity contribution in [3.8, 4) is 0 Å². The maximum absolute atomic E-state index is 12.7. The molecule has 0 aromatic carbocycles. The third-order valence-corrected chi connectivity index (χ3v) is 3.41. The van der Waals surface area contributed by atoms with Gasteiger partial charge in [-0.25, -0.2) is 4.98 Å². The molecule has 1 aromatic rings. The van der Waals surface area contributed by atoms with Gasteiger partial charge in [-0.15, -0.1) is 0 Å². The van der Waals surface area contributed by atoms with Crippen LogP contribution >= 0.6 is 0 Å². The van der Waals surface area contributed by atoms with E-state index in [0.717, 1.165) is 6.42 Å². The van der Waals surface area contributed by atoms with Crippen LogP contribution in [0.1, 0.15) is 37.0 Å². The van der Waals surface area contributed by atoms with Crippen molar-refractivity contribution >= 4 is 10.3 Å². The SMILES string of the molecule is CCCCc1[nH]c(C(F)(F)F)[n+](S(=O)(=O)O)c1C. The first-order valence-corrected chi connectivity index (χ1v) is 6.67. The van der Waals surface area contributed by atoms with Crippen LogP contribution in [0.25, 0.3) is 0 Å². The molecule has 0 unspecified atom stereocenters. The standard InChI is InChI=1S/C9H13F3N2O3S/c1-3-4-5-7-6(2)14(18(15,16)17)8(13-7)9(10,11)12/h3-5H2,1-2H3,(H,15,16,17)/p+1. The number of unbranched alkanes of at least 4 members (excludes halogenated alkanes) is 1. The van der Waals surface area contributed by atoms with E-state index < -0.39 is 22.3 Å². The lowest BCUT2D eigenvalue weighted by Gasteiger charge is -2.01. The molecule has 0 aliphatic heterocycles. The predicted octanol–water partition coefficient (Wildman–Crippen LogP) is 1.62. The average Bonchev–Trinajstić information content (AvgIpc) is 2.51. The highest BCUT2D eigenvalue weighted by molar-refractivity contribution is 7.79. The number of imidazole rings is 1. The monoisotopic (exact) mass is 287 g/mol. The van der Waals surface area contributed by atoms with Gasteiger partial charge < -0.3 is 0 Å². The Morgan fingerprint density at radius 2 is 1.94 bits per heavy atom. The van der Waals surface area contributed by atoms with Crippen LogP contribution in [-0.2, 0) is 22.9 Å². The van der Waals surface area contributed by atoms with Crippen LogP contribution in [0.4, 0.5) is 13.2 Å². The number of aromatic amines is 1. The number of hydrogen-bond donors (Lipinski definition) is 2. The van der Waals surface area contributed by atoms with Gasteiger partial charge in [0, 0.05) is 13.3 Å². The summed E-state index contributed by atoms with van der Waals surface area (Å²) in [6.07, 6.45) is -3.23. The van der Waals surface area contributed by atoms with E-state index in [1.165, 1.54) is 6.92 Å². The number of aryl methyl sites for hydroxylation is 1. The van der Waals surface area contributed by atoms with Gasteiger partial charge in [0.2, 0.25) is 0 Å². The van der Waals surface area contributed by atoms with Crippen LogP contribution in [0, 0.1) is 6.92 Å². The van der Waals surface area contributed by atoms with Crippen LogP contribution in [-0.4, -0.2) is 18.0 Å². The maximum atomic E-state index is 12.7. The van der Waals surface area contributed by atoms with Crippen molar-refractivity contribution in [2.45, 2.75) is 39.3 Å². The van der Waals surface area contributed by atoms with Gasteiger partial charge >= 0.3 is 22.3 Å². The fraction of sp³-hybridized carbons (Fsp3) is 0.667. The molecule has 18 heavy (non-hydrogen) atoms. The number of aromatic nitrogens is 2. The van der Waals surface area contributed by atoms with E-state index in [4.69, 9.17) is 4.55 Å². The summed E-state index contributed by atoms with van der Waals surface area (Å²) < 4.78 is 68.8. The lowest BCUT2D eigenvalue weighted by molar-refractivity contribution is -0.554. The molecule has 104 valence electrons. The number of alkyl halides is 3. The molecular formula is C9H14F3N2O3S+. The fourth-order valence-electron chi connectivity index (χ4n) is 1.65. The van der Waals surface area contributed by atoms with Gasteiger partial charge in [0.05, 0.1) is 0 Å². The number of hydrogen-bond acceptors (Lipinski definition) is 2. The van der Waals surface area contributed by atoms with Gasteiger partial charge in [-0.05, 0) is 6.42 Å². The normalized spacial score (nSPS) is 13.0. The Morgan fingerprint density at radius 3 is 2.28 bits per heavy atom. The molecule has 0 spiro atoms.